The Balaban J connectivity index is 0.00000432. The smallest absolute Gasteiger partial charge is 0.303 e. The van der Waals surface area contributed by atoms with Crippen molar-refractivity contribution in [3.63, 3.8) is 0 Å². The molecule has 0 radical (unpaired) electrons. The molecular weight excluding hydrogens is 519 g/mol. The number of carboxylic acid groups (broad SMARTS) is 1. The molecule has 0 saturated heterocycles. The van der Waals surface area contributed by atoms with Gasteiger partial charge in [0.15, 0.2) is 0 Å². The van der Waals surface area contributed by atoms with Gasteiger partial charge < -0.3 is 22.1 Å². The number of hydrogen-bond donors (Lipinski definition) is 1. The summed E-state index contributed by atoms with van der Waals surface area (Å²) in [6.45, 7) is 13.1. The van der Waals surface area contributed by atoms with Crippen molar-refractivity contribution in [1.29, 1.82) is 0 Å². The Labute approximate surface area is 222 Å². The van der Waals surface area contributed by atoms with E-state index in [9.17, 15) is 4.79 Å². The molecule has 190 valence electrons. The highest BCUT2D eigenvalue weighted by molar-refractivity contribution is 7.95. The molecule has 6 heteroatoms. The van der Waals surface area contributed by atoms with Gasteiger partial charge in [-0.25, -0.2) is 0 Å². The fourth-order valence-electron chi connectivity index (χ4n) is 4.96. The van der Waals surface area contributed by atoms with Crippen molar-refractivity contribution in [3.8, 4) is 0 Å². The van der Waals surface area contributed by atoms with E-state index in [1.165, 1.54) is 38.2 Å². The largest absolute Gasteiger partial charge is 1.00 e. The lowest BCUT2D eigenvalue weighted by Gasteiger charge is -2.28. The molecule has 1 aromatic heterocycles. The molecule has 1 N–H and O–H groups in total. The maximum atomic E-state index is 10.9. The van der Waals surface area contributed by atoms with Crippen molar-refractivity contribution in [2.75, 3.05) is 6.16 Å². The van der Waals surface area contributed by atoms with Gasteiger partial charge in [0.25, 0.3) is 0 Å². The van der Waals surface area contributed by atoms with Crippen LogP contribution in [0.4, 0.5) is 0 Å². The second-order valence-electron chi connectivity index (χ2n) is 10.1. The van der Waals surface area contributed by atoms with Crippen LogP contribution in [0.2, 0.25) is 0 Å². The fourth-order valence-corrected chi connectivity index (χ4v) is 9.59. The number of halogens is 1. The highest BCUT2D eigenvalue weighted by Gasteiger charge is 2.46. The van der Waals surface area contributed by atoms with E-state index in [0.717, 1.165) is 31.8 Å². The number of rotatable bonds is 11. The zero-order valence-electron chi connectivity index (χ0n) is 22.0. The molecule has 4 nitrogen and oxygen atoms in total. The van der Waals surface area contributed by atoms with Gasteiger partial charge in [-0.2, -0.15) is 5.10 Å². The Morgan fingerprint density at radius 3 is 1.74 bits per heavy atom. The highest BCUT2D eigenvalue weighted by Crippen LogP contribution is 2.56. The quantitative estimate of drug-likeness (QED) is 0.291. The summed E-state index contributed by atoms with van der Waals surface area (Å²) < 4.78 is 2.09. The van der Waals surface area contributed by atoms with Crippen molar-refractivity contribution in [2.24, 2.45) is 0 Å². The third kappa shape index (κ3) is 7.27. The van der Waals surface area contributed by atoms with Crippen LogP contribution < -0.4 is 32.9 Å². The van der Waals surface area contributed by atoms with Crippen LogP contribution in [-0.4, -0.2) is 27.0 Å². The van der Waals surface area contributed by atoms with Gasteiger partial charge in [0.05, 0.1) is 18.6 Å². The molecule has 0 spiro atoms. The molecular formula is C29H40BrN2O2P. The molecule has 2 aromatic carbocycles. The zero-order valence-corrected chi connectivity index (χ0v) is 24.5. The average Bonchev–Trinajstić information content (AvgIpc) is 3.22. The van der Waals surface area contributed by atoms with E-state index in [1.54, 1.807) is 0 Å². The van der Waals surface area contributed by atoms with Crippen LogP contribution in [0.3, 0.4) is 0 Å². The molecule has 0 aliphatic rings. The molecule has 0 bridgehead atoms. The van der Waals surface area contributed by atoms with Gasteiger partial charge in [-0.05, 0) is 107 Å². The first-order chi connectivity index (χ1) is 16.1. The normalized spacial score (nSPS) is 11.5. The summed E-state index contributed by atoms with van der Waals surface area (Å²) in [5.41, 5.74) is 5.17. The first-order valence-electron chi connectivity index (χ1n) is 12.4. The molecule has 0 unspecified atom stereocenters. The standard InChI is InChI=1S/C29H39N2O2P.BrH/c1-21(2)31-20-28(19-30-31)34(12-10-8-7-9-11-29(32)33,26-15-22(3)13-23(4)16-26)27-17-24(5)14-25(6)18-27;/h13-21H,7-12H2,1-6H3;1H. The Morgan fingerprint density at radius 1 is 0.829 bits per heavy atom. The summed E-state index contributed by atoms with van der Waals surface area (Å²) in [4.78, 5) is 10.9. The lowest BCUT2D eigenvalue weighted by molar-refractivity contribution is -0.137. The Bertz CT molecular complexity index is 1050. The molecule has 0 amide bonds. The SMILES string of the molecule is Cc1cc(C)cc([P+](CCCCCCC(=O)O)(c2cc(C)cc(C)c2)c2cnn(C(C)C)c2)c1.[Br-]. The number of unbranched alkanes of at least 4 members (excludes halogenated alkanes) is 3. The molecule has 0 aliphatic carbocycles. The van der Waals surface area contributed by atoms with Gasteiger partial charge in [0, 0.05) is 12.5 Å². The van der Waals surface area contributed by atoms with Crippen LogP contribution >= 0.6 is 7.26 Å². The molecule has 0 aliphatic heterocycles. The number of aromatic nitrogens is 2. The van der Waals surface area contributed by atoms with Gasteiger partial charge >= 0.3 is 5.97 Å². The number of benzene rings is 2. The van der Waals surface area contributed by atoms with Crippen LogP contribution in [-0.2, 0) is 4.79 Å². The van der Waals surface area contributed by atoms with Crippen molar-refractivity contribution >= 4 is 29.1 Å². The summed E-state index contributed by atoms with van der Waals surface area (Å²) in [7, 11) is -1.95. The summed E-state index contributed by atoms with van der Waals surface area (Å²) in [5.74, 6) is -0.701. The fraction of sp³-hybridized carbons (Fsp3) is 0.448. The Hall–Kier alpha value is -1.97. The molecule has 0 saturated carbocycles. The van der Waals surface area contributed by atoms with E-state index < -0.39 is 13.2 Å². The van der Waals surface area contributed by atoms with E-state index in [-0.39, 0.29) is 23.4 Å². The van der Waals surface area contributed by atoms with Crippen LogP contribution in [0.15, 0.2) is 48.8 Å². The predicted octanol–water partition coefficient (Wildman–Crippen LogP) is 3.03. The van der Waals surface area contributed by atoms with Gasteiger partial charge in [0.1, 0.15) is 23.2 Å². The van der Waals surface area contributed by atoms with Crippen molar-refractivity contribution < 1.29 is 26.9 Å². The first-order valence-corrected chi connectivity index (χ1v) is 14.4. The highest BCUT2D eigenvalue weighted by atomic mass is 79.9. The number of aryl methyl sites for hydroxylation is 4. The average molecular weight is 560 g/mol. The summed E-state index contributed by atoms with van der Waals surface area (Å²) in [5, 5.41) is 17.9. The molecule has 35 heavy (non-hydrogen) atoms. The third-order valence-corrected chi connectivity index (χ3v) is 10.9. The zero-order chi connectivity index (χ0) is 24.9. The number of carbonyl (C=O) groups is 1. The van der Waals surface area contributed by atoms with E-state index in [0.29, 0.717) is 6.04 Å². The minimum absolute atomic E-state index is 0. The lowest BCUT2D eigenvalue weighted by Crippen LogP contribution is -3.00. The maximum Gasteiger partial charge on any atom is 0.303 e. The predicted molar refractivity (Wildman–Crippen MR) is 146 cm³/mol. The second-order valence-corrected chi connectivity index (χ2v) is 13.7. The van der Waals surface area contributed by atoms with Crippen LogP contribution in [0.1, 0.15) is 74.2 Å². The number of hydrogen-bond acceptors (Lipinski definition) is 2. The second kappa shape index (κ2) is 12.8. The number of nitrogens with zero attached hydrogens (tertiary/aromatic N) is 2. The topological polar surface area (TPSA) is 55.1 Å². The molecule has 1 heterocycles. The van der Waals surface area contributed by atoms with Gasteiger partial charge in [0.2, 0.25) is 0 Å². The van der Waals surface area contributed by atoms with Crippen molar-refractivity contribution in [3.05, 3.63) is 71.0 Å². The summed E-state index contributed by atoms with van der Waals surface area (Å²) >= 11 is 0. The summed E-state index contributed by atoms with van der Waals surface area (Å²) in [6, 6.07) is 14.4. The number of aliphatic carboxylic acids is 1. The molecule has 0 fully saturated rings. The Kier molecular flexibility index (Phi) is 10.7. The minimum Gasteiger partial charge on any atom is -1.00 e. The monoisotopic (exact) mass is 558 g/mol. The van der Waals surface area contributed by atoms with E-state index in [4.69, 9.17) is 10.2 Å². The Morgan fingerprint density at radius 2 is 1.31 bits per heavy atom. The van der Waals surface area contributed by atoms with Crippen molar-refractivity contribution in [1.82, 2.24) is 9.78 Å². The van der Waals surface area contributed by atoms with Crippen LogP contribution in [0.25, 0.3) is 0 Å². The van der Waals surface area contributed by atoms with Crippen LogP contribution in [0.5, 0.6) is 0 Å². The number of carboxylic acids is 1. The summed E-state index contributed by atoms with van der Waals surface area (Å²) in [6.07, 6.45) is 9.52. The van der Waals surface area contributed by atoms with E-state index in [1.807, 2.05) is 0 Å². The van der Waals surface area contributed by atoms with Crippen LogP contribution in [0, 0.1) is 27.7 Å². The first kappa shape index (κ1) is 29.3. The maximum absolute atomic E-state index is 10.9. The van der Waals surface area contributed by atoms with Crippen molar-refractivity contribution in [2.45, 2.75) is 79.7 Å². The third-order valence-electron chi connectivity index (χ3n) is 6.49. The lowest BCUT2D eigenvalue weighted by atomic mass is 10.1. The minimum atomic E-state index is -1.95. The van der Waals surface area contributed by atoms with E-state index >= 15 is 0 Å². The molecule has 0 atom stereocenters. The van der Waals surface area contributed by atoms with Gasteiger partial charge in [-0.1, -0.05) is 18.6 Å². The molecule has 3 aromatic rings. The molecule has 3 rings (SSSR count). The van der Waals surface area contributed by atoms with Gasteiger partial charge in [-0.3, -0.25) is 9.48 Å². The van der Waals surface area contributed by atoms with Gasteiger partial charge in [-0.15, -0.1) is 0 Å². The van der Waals surface area contributed by atoms with E-state index in [2.05, 4.69) is 95.0 Å².